The predicted molar refractivity (Wildman–Crippen MR) is 200 cm³/mol. The number of unbranched alkanes of at least 4 members (excludes halogenated alkanes) is 18. The molecule has 0 spiro atoms. The van der Waals surface area contributed by atoms with E-state index in [2.05, 4.69) is 12.2 Å². The van der Waals surface area contributed by atoms with Gasteiger partial charge in [-0.25, -0.2) is 8.42 Å². The number of carbonyl (C=O) groups excluding carboxylic acids is 1. The van der Waals surface area contributed by atoms with Gasteiger partial charge in [0.2, 0.25) is 5.91 Å². The van der Waals surface area contributed by atoms with Crippen molar-refractivity contribution in [1.82, 2.24) is 5.32 Å². The Balaban J connectivity index is 2.50. The molecule has 1 amide bonds. The molecule has 8 atom stereocenters. The van der Waals surface area contributed by atoms with Crippen molar-refractivity contribution in [2.24, 2.45) is 0 Å². The van der Waals surface area contributed by atoms with Gasteiger partial charge in [0.1, 0.15) is 30.5 Å². The molecule has 12 nitrogen and oxygen atoms in total. The van der Waals surface area contributed by atoms with Crippen molar-refractivity contribution >= 4 is 15.7 Å². The second-order valence-corrected chi connectivity index (χ2v) is 17.6. The summed E-state index contributed by atoms with van der Waals surface area (Å²) < 4.78 is 34.9. The zero-order valence-corrected chi connectivity index (χ0v) is 32.8. The molecule has 304 valence electrons. The van der Waals surface area contributed by atoms with E-state index in [0.29, 0.717) is 19.3 Å². The van der Waals surface area contributed by atoms with Crippen molar-refractivity contribution in [3.05, 3.63) is 0 Å². The summed E-state index contributed by atoms with van der Waals surface area (Å²) in [6, 6.07) is -1.03. The van der Waals surface area contributed by atoms with Crippen LogP contribution in [0, 0.1) is 0 Å². The third-order valence-electron chi connectivity index (χ3n) is 10.1. The number of rotatable bonds is 32. The third kappa shape index (κ3) is 21.0. The minimum Gasteiger partial charge on any atom is -0.394 e. The van der Waals surface area contributed by atoms with Crippen LogP contribution in [0.3, 0.4) is 0 Å². The summed E-state index contributed by atoms with van der Waals surface area (Å²) in [6.45, 7) is 4.68. The lowest BCUT2D eigenvalue weighted by Crippen LogP contribution is -2.60. The quantitative estimate of drug-likeness (QED) is 0.0479. The van der Waals surface area contributed by atoms with Crippen LogP contribution in [0.15, 0.2) is 0 Å². The summed E-state index contributed by atoms with van der Waals surface area (Å²) >= 11 is 0. The molecule has 0 aromatic rings. The summed E-state index contributed by atoms with van der Waals surface area (Å²) in [5, 5.41) is 64.4. The van der Waals surface area contributed by atoms with E-state index in [1.807, 2.05) is 0 Å². The highest BCUT2D eigenvalue weighted by Crippen LogP contribution is 2.23. The van der Waals surface area contributed by atoms with Crippen LogP contribution >= 0.6 is 0 Å². The van der Waals surface area contributed by atoms with Crippen LogP contribution in [0.4, 0.5) is 0 Å². The van der Waals surface area contributed by atoms with E-state index in [1.54, 1.807) is 13.8 Å². The molecule has 0 bridgehead atoms. The number of amides is 1. The van der Waals surface area contributed by atoms with Gasteiger partial charge in [-0.1, -0.05) is 122 Å². The number of ether oxygens (including phenoxy) is 2. The van der Waals surface area contributed by atoms with Crippen molar-refractivity contribution < 1.29 is 53.3 Å². The second kappa shape index (κ2) is 28.5. The average molecular weight is 754 g/mol. The Labute approximate surface area is 309 Å². The van der Waals surface area contributed by atoms with E-state index in [-0.39, 0.29) is 29.9 Å². The Hall–Kier alpha value is -0.900. The average Bonchev–Trinajstić information content (AvgIpc) is 3.10. The molecule has 1 rings (SSSR count). The monoisotopic (exact) mass is 754 g/mol. The molecule has 1 aliphatic rings. The summed E-state index contributed by atoms with van der Waals surface area (Å²) in [5.41, 5.74) is 0. The molecule has 1 aliphatic heterocycles. The van der Waals surface area contributed by atoms with Crippen molar-refractivity contribution in [1.29, 1.82) is 0 Å². The van der Waals surface area contributed by atoms with Crippen LogP contribution in [-0.2, 0) is 24.1 Å². The molecule has 51 heavy (non-hydrogen) atoms. The van der Waals surface area contributed by atoms with Gasteiger partial charge in [-0.2, -0.15) is 0 Å². The number of nitrogens with one attached hydrogen (secondary N) is 1. The fraction of sp³-hybridized carbons (Fsp3) is 0.974. The molecule has 13 heteroatoms. The van der Waals surface area contributed by atoms with Gasteiger partial charge < -0.3 is 45.4 Å². The molecule has 0 unspecified atom stereocenters. The molecular formula is C38H75NO11S. The predicted octanol–water partition coefficient (Wildman–Crippen LogP) is 4.43. The maximum Gasteiger partial charge on any atom is 0.220 e. The molecule has 0 aliphatic carbocycles. The van der Waals surface area contributed by atoms with Crippen LogP contribution in [0.1, 0.15) is 162 Å². The molecule has 1 fully saturated rings. The summed E-state index contributed by atoms with van der Waals surface area (Å²) in [4.78, 5) is 12.9. The van der Waals surface area contributed by atoms with Gasteiger partial charge in [-0.05, 0) is 33.1 Å². The fourth-order valence-electron chi connectivity index (χ4n) is 6.43. The van der Waals surface area contributed by atoms with E-state index in [1.165, 1.54) is 51.4 Å². The Bertz CT molecular complexity index is 968. The normalized spacial score (nSPS) is 23.0. The van der Waals surface area contributed by atoms with Gasteiger partial charge in [-0.3, -0.25) is 4.79 Å². The number of aliphatic hydroxyl groups excluding tert-OH is 6. The topological polar surface area (TPSA) is 203 Å². The smallest absolute Gasteiger partial charge is 0.220 e. The fourth-order valence-corrected chi connectivity index (χ4v) is 7.50. The Morgan fingerprint density at radius 3 is 1.73 bits per heavy atom. The van der Waals surface area contributed by atoms with Gasteiger partial charge in [0, 0.05) is 6.42 Å². The van der Waals surface area contributed by atoms with Crippen molar-refractivity contribution in [3.63, 3.8) is 0 Å². The first-order valence-corrected chi connectivity index (χ1v) is 21.9. The number of sulfone groups is 1. The largest absolute Gasteiger partial charge is 0.394 e. The Morgan fingerprint density at radius 2 is 1.22 bits per heavy atom. The molecule has 1 heterocycles. The summed E-state index contributed by atoms with van der Waals surface area (Å²) in [7, 11) is -2.98. The van der Waals surface area contributed by atoms with E-state index >= 15 is 0 Å². The van der Waals surface area contributed by atoms with Crippen LogP contribution < -0.4 is 5.32 Å². The number of aliphatic hydroxyl groups is 6. The van der Waals surface area contributed by atoms with Crippen LogP contribution in [0.5, 0.6) is 0 Å². The second-order valence-electron chi connectivity index (χ2n) is 14.9. The summed E-state index contributed by atoms with van der Waals surface area (Å²) in [6.07, 6.45) is 11.8. The molecule has 0 saturated carbocycles. The highest BCUT2D eigenvalue weighted by molar-refractivity contribution is 7.91. The van der Waals surface area contributed by atoms with E-state index in [0.717, 1.165) is 64.2 Å². The first-order valence-electron chi connectivity index (χ1n) is 20.1. The molecule has 0 aromatic carbocycles. The first kappa shape index (κ1) is 48.1. The standard InChI is InChI=1S/C38H75NO11S/c1-4-5-6-7-8-9-10-11-12-15-18-21-24-31(41)34(43)30(28-49-38-37(46)36(45)35(44)32(27-40)50-38)39-33(42)25-22-19-16-13-14-17-20-23-26-51(47,48)29(2)3/h29-32,34-38,40-41,43-46H,4-28H2,1-3H3,(H,39,42)/t30-,31+,32+,34-,35-,36-,37+,38-/m0/s1. The SMILES string of the molecule is CCCCCCCCCCCCCC[C@@H](O)[C@@H](O)[C@H](CO[C@H]1O[C@H](CO)[C@H](O)[C@H](O)[C@H]1O)NC(=O)CCCCCCCCCCS(=O)(=O)C(C)C. The maximum absolute atomic E-state index is 12.9. The van der Waals surface area contributed by atoms with E-state index in [4.69, 9.17) is 9.47 Å². The van der Waals surface area contributed by atoms with E-state index < -0.39 is 65.4 Å². The first-order chi connectivity index (χ1) is 24.3. The Morgan fingerprint density at radius 1 is 0.725 bits per heavy atom. The van der Waals surface area contributed by atoms with Gasteiger partial charge in [0.05, 0.1) is 36.4 Å². The Kier molecular flexibility index (Phi) is 26.9. The minimum atomic E-state index is -2.98. The highest BCUT2D eigenvalue weighted by Gasteiger charge is 2.44. The summed E-state index contributed by atoms with van der Waals surface area (Å²) in [5.74, 6) is -0.0835. The van der Waals surface area contributed by atoms with E-state index in [9.17, 15) is 43.9 Å². The van der Waals surface area contributed by atoms with Crippen LogP contribution in [0.2, 0.25) is 0 Å². The van der Waals surface area contributed by atoms with Crippen molar-refractivity contribution in [2.75, 3.05) is 19.0 Å². The van der Waals surface area contributed by atoms with Gasteiger partial charge in [0.25, 0.3) is 0 Å². The number of hydrogen-bond acceptors (Lipinski definition) is 11. The third-order valence-corrected chi connectivity index (χ3v) is 12.4. The van der Waals surface area contributed by atoms with Crippen LogP contribution in [0.25, 0.3) is 0 Å². The van der Waals surface area contributed by atoms with Gasteiger partial charge in [0.15, 0.2) is 16.1 Å². The lowest BCUT2D eigenvalue weighted by atomic mass is 9.98. The molecule has 1 saturated heterocycles. The molecule has 0 radical (unpaired) electrons. The molecular weight excluding hydrogens is 678 g/mol. The minimum absolute atomic E-state index is 0.213. The zero-order valence-electron chi connectivity index (χ0n) is 32.0. The number of hydrogen-bond donors (Lipinski definition) is 7. The van der Waals surface area contributed by atoms with Gasteiger partial charge >= 0.3 is 0 Å². The molecule has 0 aromatic heterocycles. The zero-order chi connectivity index (χ0) is 38.1. The highest BCUT2D eigenvalue weighted by atomic mass is 32.2. The van der Waals surface area contributed by atoms with Crippen molar-refractivity contribution in [2.45, 2.75) is 216 Å². The number of carbonyl (C=O) groups is 1. The lowest BCUT2D eigenvalue weighted by molar-refractivity contribution is -0.303. The maximum atomic E-state index is 12.9. The van der Waals surface area contributed by atoms with Crippen molar-refractivity contribution in [3.8, 4) is 0 Å². The molecule has 7 N–H and O–H groups in total. The van der Waals surface area contributed by atoms with Crippen LogP contribution in [-0.4, -0.2) is 118 Å². The van der Waals surface area contributed by atoms with Gasteiger partial charge in [-0.15, -0.1) is 0 Å². The lowest BCUT2D eigenvalue weighted by Gasteiger charge is -2.40.